The first kappa shape index (κ1) is 14.9. The van der Waals surface area contributed by atoms with Crippen molar-refractivity contribution in [2.45, 2.75) is 20.3 Å². The van der Waals surface area contributed by atoms with Gasteiger partial charge in [0, 0.05) is 18.4 Å². The molecule has 0 spiro atoms. The molecule has 0 saturated carbocycles. The molecule has 21 heavy (non-hydrogen) atoms. The van der Waals surface area contributed by atoms with Crippen LogP contribution in [0.3, 0.4) is 0 Å². The molecule has 2 aromatic heterocycles. The summed E-state index contributed by atoms with van der Waals surface area (Å²) >= 11 is 0. The maximum Gasteiger partial charge on any atom is 0.325 e. The Labute approximate surface area is 121 Å². The molecule has 2 heterocycles. The molecule has 0 unspecified atom stereocenters. The molecule has 2 aromatic rings. The normalized spacial score (nSPS) is 10.6. The Morgan fingerprint density at radius 3 is 2.81 bits per heavy atom. The van der Waals surface area contributed by atoms with Crippen molar-refractivity contribution in [2.24, 2.45) is 0 Å². The summed E-state index contributed by atoms with van der Waals surface area (Å²) in [5.74, 6) is -0.510. The Balaban J connectivity index is 2.29. The molecule has 8 heteroatoms. The van der Waals surface area contributed by atoms with Crippen molar-refractivity contribution < 1.29 is 14.3 Å². The maximum absolute atomic E-state index is 12.4. The molecule has 8 nitrogen and oxygen atoms in total. The van der Waals surface area contributed by atoms with Crippen LogP contribution in [-0.2, 0) is 9.53 Å². The molecule has 0 atom stereocenters. The van der Waals surface area contributed by atoms with Crippen LogP contribution in [0.5, 0.6) is 0 Å². The number of carbonyl (C=O) groups excluding carboxylic acids is 2. The van der Waals surface area contributed by atoms with Crippen molar-refractivity contribution in [1.82, 2.24) is 24.5 Å². The molecule has 0 radical (unpaired) electrons. The number of ether oxygens (including phenoxy) is 1. The quantitative estimate of drug-likeness (QED) is 0.743. The fourth-order valence-electron chi connectivity index (χ4n) is 1.88. The second kappa shape index (κ2) is 6.29. The van der Waals surface area contributed by atoms with Crippen molar-refractivity contribution >= 4 is 17.7 Å². The van der Waals surface area contributed by atoms with E-state index in [4.69, 9.17) is 0 Å². The number of esters is 1. The number of nitrogens with zero attached hydrogens (tertiary/aromatic N) is 5. The number of hydrogen-bond donors (Lipinski definition) is 0. The smallest absolute Gasteiger partial charge is 0.325 e. The van der Waals surface area contributed by atoms with Gasteiger partial charge in [-0.3, -0.25) is 9.59 Å². The first-order valence-electron chi connectivity index (χ1n) is 6.61. The SMILES string of the molecule is CCCN(CC(=O)OC)C(=O)c1nc2nccc(C)n2n1. The van der Waals surface area contributed by atoms with Crippen molar-refractivity contribution in [3.05, 3.63) is 23.8 Å². The van der Waals surface area contributed by atoms with Crippen LogP contribution in [0.1, 0.15) is 29.7 Å². The van der Waals surface area contributed by atoms with Crippen LogP contribution in [-0.4, -0.2) is 56.6 Å². The van der Waals surface area contributed by atoms with Crippen LogP contribution in [0.4, 0.5) is 0 Å². The standard InChI is InChI=1S/C13H17N5O3/c1-4-7-17(8-10(19)21-3)12(20)11-15-13-14-6-5-9(2)18(13)16-11/h5-6H,4,7-8H2,1-3H3. The molecule has 0 aromatic carbocycles. The molecule has 1 amide bonds. The predicted molar refractivity (Wildman–Crippen MR) is 73.7 cm³/mol. The molecule has 0 aliphatic rings. The van der Waals surface area contributed by atoms with E-state index < -0.39 is 11.9 Å². The summed E-state index contributed by atoms with van der Waals surface area (Å²) in [5, 5.41) is 4.15. The van der Waals surface area contributed by atoms with Gasteiger partial charge in [-0.1, -0.05) is 6.92 Å². The average molecular weight is 291 g/mol. The highest BCUT2D eigenvalue weighted by Crippen LogP contribution is 2.06. The fourth-order valence-corrected chi connectivity index (χ4v) is 1.88. The molecule has 2 rings (SSSR count). The Hall–Kier alpha value is -2.51. The highest BCUT2D eigenvalue weighted by Gasteiger charge is 2.23. The maximum atomic E-state index is 12.4. The lowest BCUT2D eigenvalue weighted by molar-refractivity contribution is -0.141. The van der Waals surface area contributed by atoms with Crippen molar-refractivity contribution in [3.8, 4) is 0 Å². The monoisotopic (exact) mass is 291 g/mol. The number of amides is 1. The lowest BCUT2D eigenvalue weighted by atomic mass is 10.3. The van der Waals surface area contributed by atoms with Gasteiger partial charge in [-0.15, -0.1) is 5.10 Å². The average Bonchev–Trinajstić information content (AvgIpc) is 2.91. The summed E-state index contributed by atoms with van der Waals surface area (Å²) < 4.78 is 6.10. The van der Waals surface area contributed by atoms with Crippen LogP contribution in [0.2, 0.25) is 0 Å². The van der Waals surface area contributed by atoms with Crippen molar-refractivity contribution in [1.29, 1.82) is 0 Å². The lowest BCUT2D eigenvalue weighted by Gasteiger charge is -2.18. The van der Waals surface area contributed by atoms with Crippen molar-refractivity contribution in [3.63, 3.8) is 0 Å². The number of aromatic nitrogens is 4. The Morgan fingerprint density at radius 2 is 2.19 bits per heavy atom. The number of methoxy groups -OCH3 is 1. The predicted octanol–water partition coefficient (Wildman–Crippen LogP) is 0.458. The first-order chi connectivity index (χ1) is 10.1. The van der Waals surface area contributed by atoms with Gasteiger partial charge in [0.1, 0.15) is 6.54 Å². The molecule has 0 fully saturated rings. The zero-order chi connectivity index (χ0) is 15.4. The number of carbonyl (C=O) groups is 2. The molecule has 0 saturated heterocycles. The van der Waals surface area contributed by atoms with Crippen LogP contribution in [0.25, 0.3) is 5.78 Å². The van der Waals surface area contributed by atoms with Gasteiger partial charge in [0.25, 0.3) is 11.7 Å². The molecular formula is C13H17N5O3. The molecular weight excluding hydrogens is 274 g/mol. The highest BCUT2D eigenvalue weighted by atomic mass is 16.5. The van der Waals surface area contributed by atoms with Gasteiger partial charge in [0.05, 0.1) is 7.11 Å². The van der Waals surface area contributed by atoms with Crippen LogP contribution >= 0.6 is 0 Å². The first-order valence-corrected chi connectivity index (χ1v) is 6.61. The van der Waals surface area contributed by atoms with Crippen LogP contribution < -0.4 is 0 Å². The zero-order valence-corrected chi connectivity index (χ0v) is 12.2. The van der Waals surface area contributed by atoms with Gasteiger partial charge >= 0.3 is 5.97 Å². The second-order valence-electron chi connectivity index (χ2n) is 4.54. The highest BCUT2D eigenvalue weighted by molar-refractivity contribution is 5.93. The van der Waals surface area contributed by atoms with E-state index in [0.717, 1.165) is 5.69 Å². The fraction of sp³-hybridized carbons (Fsp3) is 0.462. The van der Waals surface area contributed by atoms with E-state index in [1.165, 1.54) is 16.5 Å². The molecule has 0 bridgehead atoms. The molecule has 0 aliphatic heterocycles. The third-order valence-corrected chi connectivity index (χ3v) is 2.95. The third-order valence-electron chi connectivity index (χ3n) is 2.95. The second-order valence-corrected chi connectivity index (χ2v) is 4.54. The number of rotatable bonds is 5. The van der Waals surface area contributed by atoms with Gasteiger partial charge in [-0.2, -0.15) is 4.98 Å². The van der Waals surface area contributed by atoms with E-state index in [0.29, 0.717) is 18.7 Å². The third kappa shape index (κ3) is 3.15. The zero-order valence-electron chi connectivity index (χ0n) is 12.2. The summed E-state index contributed by atoms with van der Waals surface area (Å²) in [6.07, 6.45) is 2.32. The summed E-state index contributed by atoms with van der Waals surface area (Å²) in [7, 11) is 1.29. The molecule has 0 N–H and O–H groups in total. The topological polar surface area (TPSA) is 89.7 Å². The van der Waals surface area contributed by atoms with Crippen LogP contribution in [0.15, 0.2) is 12.3 Å². The number of hydrogen-bond acceptors (Lipinski definition) is 6. The Kier molecular flexibility index (Phi) is 4.46. The largest absolute Gasteiger partial charge is 0.468 e. The summed E-state index contributed by atoms with van der Waals surface area (Å²) in [6, 6.07) is 1.77. The summed E-state index contributed by atoms with van der Waals surface area (Å²) in [6.45, 7) is 4.07. The van der Waals surface area contributed by atoms with E-state index in [2.05, 4.69) is 19.8 Å². The number of fused-ring (bicyclic) bond motifs is 1. The van der Waals surface area contributed by atoms with Crippen LogP contribution in [0, 0.1) is 6.92 Å². The van der Waals surface area contributed by atoms with Gasteiger partial charge in [0.15, 0.2) is 0 Å². The minimum atomic E-state index is -0.477. The Bertz CT molecular complexity index is 667. The molecule has 112 valence electrons. The molecule has 0 aliphatic carbocycles. The van der Waals surface area contributed by atoms with Gasteiger partial charge in [-0.25, -0.2) is 9.50 Å². The summed E-state index contributed by atoms with van der Waals surface area (Å²) in [4.78, 5) is 33.3. The van der Waals surface area contributed by atoms with E-state index in [9.17, 15) is 9.59 Å². The minimum absolute atomic E-state index is 0.0224. The van der Waals surface area contributed by atoms with Crippen molar-refractivity contribution in [2.75, 3.05) is 20.2 Å². The van der Waals surface area contributed by atoms with Gasteiger partial charge in [-0.05, 0) is 19.4 Å². The summed E-state index contributed by atoms with van der Waals surface area (Å²) in [5.41, 5.74) is 0.821. The van der Waals surface area contributed by atoms with E-state index in [1.807, 2.05) is 13.8 Å². The Morgan fingerprint density at radius 1 is 1.43 bits per heavy atom. The van der Waals surface area contributed by atoms with E-state index in [1.54, 1.807) is 12.3 Å². The minimum Gasteiger partial charge on any atom is -0.468 e. The lowest BCUT2D eigenvalue weighted by Crippen LogP contribution is -2.37. The van der Waals surface area contributed by atoms with E-state index >= 15 is 0 Å². The van der Waals surface area contributed by atoms with Gasteiger partial charge < -0.3 is 9.64 Å². The number of aryl methyl sites for hydroxylation is 1. The van der Waals surface area contributed by atoms with E-state index in [-0.39, 0.29) is 12.4 Å². The van der Waals surface area contributed by atoms with Gasteiger partial charge in [0.2, 0.25) is 5.82 Å².